The number of rotatable bonds is 2. The average molecular weight is 240 g/mol. The second-order valence-corrected chi connectivity index (χ2v) is 4.65. The van der Waals surface area contributed by atoms with E-state index in [9.17, 15) is 5.11 Å². The highest BCUT2D eigenvalue weighted by Gasteiger charge is 2.19. The van der Waals surface area contributed by atoms with Crippen molar-refractivity contribution in [2.45, 2.75) is 19.4 Å². The lowest BCUT2D eigenvalue weighted by molar-refractivity contribution is 0.194. The van der Waals surface area contributed by atoms with Crippen LogP contribution in [0.2, 0.25) is 0 Å². The first kappa shape index (κ1) is 11.2. The fraction of sp³-hybridized carbons (Fsp3) is 0.267. The van der Waals surface area contributed by atoms with Crippen LogP contribution in [0, 0.1) is 0 Å². The van der Waals surface area contributed by atoms with E-state index in [1.807, 2.05) is 18.3 Å². The van der Waals surface area contributed by atoms with Crippen LogP contribution in [0.15, 0.2) is 42.6 Å². The van der Waals surface area contributed by atoms with Crippen molar-refractivity contribution in [1.29, 1.82) is 0 Å². The zero-order chi connectivity index (χ0) is 12.5. The number of anilines is 2. The third kappa shape index (κ3) is 1.87. The molecule has 2 heterocycles. The van der Waals surface area contributed by atoms with Crippen molar-refractivity contribution in [2.75, 3.05) is 11.4 Å². The van der Waals surface area contributed by atoms with Gasteiger partial charge in [0.05, 0.1) is 23.7 Å². The lowest BCUT2D eigenvalue weighted by Gasteiger charge is -2.19. The van der Waals surface area contributed by atoms with Gasteiger partial charge in [-0.05, 0) is 37.1 Å². The van der Waals surface area contributed by atoms with Crippen molar-refractivity contribution in [3.8, 4) is 0 Å². The minimum atomic E-state index is -0.509. The molecule has 3 heteroatoms. The SMILES string of the molecule is CC(O)c1ccc(N2CCc3ccccc32)cn1. The first-order chi connectivity index (χ1) is 8.75. The van der Waals surface area contributed by atoms with E-state index in [-0.39, 0.29) is 0 Å². The number of hydrogen-bond acceptors (Lipinski definition) is 3. The number of nitrogens with zero attached hydrogens (tertiary/aromatic N) is 2. The topological polar surface area (TPSA) is 36.4 Å². The third-order valence-electron chi connectivity index (χ3n) is 3.40. The summed E-state index contributed by atoms with van der Waals surface area (Å²) in [5, 5.41) is 9.46. The largest absolute Gasteiger partial charge is 0.387 e. The summed E-state index contributed by atoms with van der Waals surface area (Å²) in [5.74, 6) is 0. The van der Waals surface area contributed by atoms with Crippen LogP contribution in [-0.2, 0) is 6.42 Å². The standard InChI is InChI=1S/C15H16N2O/c1-11(18)14-7-6-13(10-16-14)17-9-8-12-4-2-3-5-15(12)17/h2-7,10-11,18H,8-9H2,1H3. The highest BCUT2D eigenvalue weighted by atomic mass is 16.3. The molecule has 1 atom stereocenters. The molecule has 0 saturated carbocycles. The molecule has 1 aliphatic rings. The lowest BCUT2D eigenvalue weighted by Crippen LogP contribution is -2.13. The fourth-order valence-corrected chi connectivity index (χ4v) is 2.41. The highest BCUT2D eigenvalue weighted by molar-refractivity contribution is 5.69. The molecule has 1 aromatic heterocycles. The van der Waals surface area contributed by atoms with E-state index in [2.05, 4.69) is 34.1 Å². The summed E-state index contributed by atoms with van der Waals surface area (Å²) >= 11 is 0. The van der Waals surface area contributed by atoms with Gasteiger partial charge in [0, 0.05) is 12.2 Å². The van der Waals surface area contributed by atoms with E-state index in [0.29, 0.717) is 5.69 Å². The molecule has 3 nitrogen and oxygen atoms in total. The summed E-state index contributed by atoms with van der Waals surface area (Å²) in [6, 6.07) is 12.4. The molecule has 1 unspecified atom stereocenters. The highest BCUT2D eigenvalue weighted by Crippen LogP contribution is 2.33. The number of para-hydroxylation sites is 1. The fourth-order valence-electron chi connectivity index (χ4n) is 2.41. The van der Waals surface area contributed by atoms with Gasteiger partial charge in [-0.3, -0.25) is 4.98 Å². The smallest absolute Gasteiger partial charge is 0.0931 e. The number of aliphatic hydroxyl groups excluding tert-OH is 1. The Morgan fingerprint density at radius 1 is 1.22 bits per heavy atom. The molecule has 0 radical (unpaired) electrons. The van der Waals surface area contributed by atoms with Crippen molar-refractivity contribution in [3.05, 3.63) is 53.9 Å². The number of pyridine rings is 1. The average Bonchev–Trinajstić information content (AvgIpc) is 2.82. The minimum Gasteiger partial charge on any atom is -0.387 e. The first-order valence-corrected chi connectivity index (χ1v) is 6.25. The molecule has 0 spiro atoms. The second-order valence-electron chi connectivity index (χ2n) is 4.65. The molecule has 0 saturated heterocycles. The van der Waals surface area contributed by atoms with Crippen LogP contribution in [0.4, 0.5) is 11.4 Å². The van der Waals surface area contributed by atoms with Gasteiger partial charge < -0.3 is 10.0 Å². The molecule has 1 N–H and O–H groups in total. The quantitative estimate of drug-likeness (QED) is 0.877. The number of benzene rings is 1. The van der Waals surface area contributed by atoms with Crippen LogP contribution in [0.25, 0.3) is 0 Å². The molecule has 3 rings (SSSR count). The predicted molar refractivity (Wildman–Crippen MR) is 72.0 cm³/mol. The van der Waals surface area contributed by atoms with E-state index < -0.39 is 6.10 Å². The Kier molecular flexibility index (Phi) is 2.76. The Morgan fingerprint density at radius 2 is 2.06 bits per heavy atom. The maximum absolute atomic E-state index is 9.46. The molecule has 0 bridgehead atoms. The molecular weight excluding hydrogens is 224 g/mol. The van der Waals surface area contributed by atoms with Crippen LogP contribution in [0.1, 0.15) is 24.3 Å². The molecule has 18 heavy (non-hydrogen) atoms. The van der Waals surface area contributed by atoms with Gasteiger partial charge in [-0.25, -0.2) is 0 Å². The predicted octanol–water partition coefficient (Wildman–Crippen LogP) is 2.83. The van der Waals surface area contributed by atoms with E-state index in [1.54, 1.807) is 6.92 Å². The minimum absolute atomic E-state index is 0.509. The summed E-state index contributed by atoms with van der Waals surface area (Å²) in [4.78, 5) is 6.58. The maximum Gasteiger partial charge on any atom is 0.0931 e. The van der Waals surface area contributed by atoms with Crippen LogP contribution in [0.5, 0.6) is 0 Å². The molecule has 2 aromatic rings. The van der Waals surface area contributed by atoms with Crippen molar-refractivity contribution in [3.63, 3.8) is 0 Å². The van der Waals surface area contributed by atoms with Gasteiger partial charge in [-0.1, -0.05) is 18.2 Å². The molecule has 0 fully saturated rings. The van der Waals surface area contributed by atoms with Gasteiger partial charge in [0.15, 0.2) is 0 Å². The number of aliphatic hydroxyl groups is 1. The number of fused-ring (bicyclic) bond motifs is 1. The Balaban J connectivity index is 1.93. The summed E-state index contributed by atoms with van der Waals surface area (Å²) in [6.07, 6.45) is 2.41. The molecule has 92 valence electrons. The zero-order valence-corrected chi connectivity index (χ0v) is 10.4. The van der Waals surface area contributed by atoms with Gasteiger partial charge in [-0.2, -0.15) is 0 Å². The monoisotopic (exact) mass is 240 g/mol. The first-order valence-electron chi connectivity index (χ1n) is 6.25. The second kappa shape index (κ2) is 4.42. The van der Waals surface area contributed by atoms with Crippen molar-refractivity contribution >= 4 is 11.4 Å². The van der Waals surface area contributed by atoms with E-state index in [1.165, 1.54) is 11.3 Å². The van der Waals surface area contributed by atoms with Crippen LogP contribution >= 0.6 is 0 Å². The number of hydrogen-bond donors (Lipinski definition) is 1. The van der Waals surface area contributed by atoms with E-state index >= 15 is 0 Å². The summed E-state index contributed by atoms with van der Waals surface area (Å²) in [7, 11) is 0. The molecule has 1 aliphatic heterocycles. The lowest BCUT2D eigenvalue weighted by atomic mass is 10.2. The van der Waals surface area contributed by atoms with Gasteiger partial charge in [0.25, 0.3) is 0 Å². The van der Waals surface area contributed by atoms with Crippen molar-refractivity contribution in [1.82, 2.24) is 4.98 Å². The number of aromatic nitrogens is 1. The van der Waals surface area contributed by atoms with E-state index in [0.717, 1.165) is 18.7 Å². The zero-order valence-electron chi connectivity index (χ0n) is 10.4. The Morgan fingerprint density at radius 3 is 2.78 bits per heavy atom. The maximum atomic E-state index is 9.46. The van der Waals surface area contributed by atoms with Gasteiger partial charge in [-0.15, -0.1) is 0 Å². The Hall–Kier alpha value is -1.87. The summed E-state index contributed by atoms with van der Waals surface area (Å²) in [5.41, 5.74) is 4.46. The van der Waals surface area contributed by atoms with Crippen LogP contribution in [0.3, 0.4) is 0 Å². The van der Waals surface area contributed by atoms with Crippen LogP contribution < -0.4 is 4.90 Å². The van der Waals surface area contributed by atoms with E-state index in [4.69, 9.17) is 0 Å². The Labute approximate surface area is 107 Å². The molecule has 1 aromatic carbocycles. The van der Waals surface area contributed by atoms with Crippen molar-refractivity contribution in [2.24, 2.45) is 0 Å². The Bertz CT molecular complexity index is 549. The van der Waals surface area contributed by atoms with Gasteiger partial charge in [0.2, 0.25) is 0 Å². The summed E-state index contributed by atoms with van der Waals surface area (Å²) in [6.45, 7) is 2.72. The van der Waals surface area contributed by atoms with Crippen LogP contribution in [-0.4, -0.2) is 16.6 Å². The summed E-state index contributed by atoms with van der Waals surface area (Å²) < 4.78 is 0. The molecule has 0 amide bonds. The molecule has 0 aliphatic carbocycles. The third-order valence-corrected chi connectivity index (χ3v) is 3.40. The molecular formula is C15H16N2O. The van der Waals surface area contributed by atoms with Gasteiger partial charge in [0.1, 0.15) is 0 Å². The van der Waals surface area contributed by atoms with Gasteiger partial charge >= 0.3 is 0 Å². The normalized spacial score (nSPS) is 15.6. The van der Waals surface area contributed by atoms with Crippen molar-refractivity contribution < 1.29 is 5.11 Å².